The molecule has 0 aliphatic heterocycles. The Labute approximate surface area is 86.8 Å². The predicted molar refractivity (Wildman–Crippen MR) is 56.7 cm³/mol. The first-order chi connectivity index (χ1) is 6.08. The van der Waals surface area contributed by atoms with Crippen LogP contribution in [0.3, 0.4) is 0 Å². The number of halogens is 2. The summed E-state index contributed by atoms with van der Waals surface area (Å²) in [6.45, 7) is 3.77. The third-order valence-corrected chi connectivity index (χ3v) is 1.56. The molecule has 0 bridgehead atoms. The largest absolute Gasteiger partial charge is 0.278 e. The average Bonchev–Trinajstić information content (AvgIpc) is 1.99. The Morgan fingerprint density at radius 1 is 1.31 bits per heavy atom. The van der Waals surface area contributed by atoms with Gasteiger partial charge >= 0.3 is 0 Å². The standard InChI is InChI=1S/C8H9Cl2N3/c1-5(2)12-13-6-3-7(9)11-8(10)4-6/h3-4H,1-2H3,(H,11,13). The first-order valence-electron chi connectivity index (χ1n) is 3.68. The Kier molecular flexibility index (Phi) is 3.51. The van der Waals surface area contributed by atoms with Gasteiger partial charge in [0.2, 0.25) is 0 Å². The summed E-state index contributed by atoms with van der Waals surface area (Å²) in [4.78, 5) is 3.80. The van der Waals surface area contributed by atoms with Gasteiger partial charge < -0.3 is 0 Å². The van der Waals surface area contributed by atoms with E-state index >= 15 is 0 Å². The third-order valence-electron chi connectivity index (χ3n) is 1.17. The van der Waals surface area contributed by atoms with Gasteiger partial charge in [0.25, 0.3) is 0 Å². The van der Waals surface area contributed by atoms with Crippen molar-refractivity contribution >= 4 is 34.6 Å². The molecule has 0 radical (unpaired) electrons. The number of hydrogen-bond acceptors (Lipinski definition) is 3. The fourth-order valence-corrected chi connectivity index (χ4v) is 1.17. The minimum absolute atomic E-state index is 0.346. The summed E-state index contributed by atoms with van der Waals surface area (Å²) in [6, 6.07) is 3.31. The Bertz CT molecular complexity index is 312. The van der Waals surface area contributed by atoms with Gasteiger partial charge in [0.05, 0.1) is 5.69 Å². The van der Waals surface area contributed by atoms with Crippen molar-refractivity contribution in [2.45, 2.75) is 13.8 Å². The van der Waals surface area contributed by atoms with Crippen LogP contribution in [-0.4, -0.2) is 10.7 Å². The van der Waals surface area contributed by atoms with Gasteiger partial charge in [0.1, 0.15) is 10.3 Å². The lowest BCUT2D eigenvalue weighted by Crippen LogP contribution is -1.93. The molecule has 1 rings (SSSR count). The minimum atomic E-state index is 0.346. The highest BCUT2D eigenvalue weighted by atomic mass is 35.5. The van der Waals surface area contributed by atoms with Crippen LogP contribution in [0.1, 0.15) is 13.8 Å². The van der Waals surface area contributed by atoms with E-state index in [0.717, 1.165) is 11.4 Å². The average molecular weight is 218 g/mol. The molecular weight excluding hydrogens is 209 g/mol. The molecule has 0 saturated carbocycles. The molecule has 70 valence electrons. The smallest absolute Gasteiger partial charge is 0.132 e. The number of hydrazone groups is 1. The van der Waals surface area contributed by atoms with Crippen molar-refractivity contribution in [3.05, 3.63) is 22.4 Å². The number of nitrogens with zero attached hydrogens (tertiary/aromatic N) is 2. The van der Waals surface area contributed by atoms with Crippen LogP contribution in [0.5, 0.6) is 0 Å². The summed E-state index contributed by atoms with van der Waals surface area (Å²) in [5, 5.41) is 4.69. The molecule has 0 amide bonds. The van der Waals surface area contributed by atoms with E-state index in [9.17, 15) is 0 Å². The zero-order chi connectivity index (χ0) is 9.84. The van der Waals surface area contributed by atoms with E-state index in [2.05, 4.69) is 15.5 Å². The molecule has 0 atom stereocenters. The number of rotatable bonds is 2. The summed E-state index contributed by atoms with van der Waals surface area (Å²) in [5.41, 5.74) is 4.45. The molecule has 0 aliphatic rings. The van der Waals surface area contributed by atoms with Crippen molar-refractivity contribution in [3.8, 4) is 0 Å². The van der Waals surface area contributed by atoms with Crippen molar-refractivity contribution in [1.29, 1.82) is 0 Å². The molecule has 0 spiro atoms. The normalized spacial score (nSPS) is 9.54. The van der Waals surface area contributed by atoms with Gasteiger partial charge in [-0.3, -0.25) is 5.43 Å². The molecule has 0 saturated heterocycles. The van der Waals surface area contributed by atoms with E-state index < -0.39 is 0 Å². The summed E-state index contributed by atoms with van der Waals surface area (Å²) in [7, 11) is 0. The Morgan fingerprint density at radius 3 is 2.31 bits per heavy atom. The van der Waals surface area contributed by atoms with Crippen LogP contribution in [0.4, 0.5) is 5.69 Å². The van der Waals surface area contributed by atoms with Crippen LogP contribution in [0.2, 0.25) is 10.3 Å². The van der Waals surface area contributed by atoms with Gasteiger partial charge in [0.15, 0.2) is 0 Å². The Morgan fingerprint density at radius 2 is 1.85 bits per heavy atom. The molecule has 1 aromatic heterocycles. The van der Waals surface area contributed by atoms with Crippen LogP contribution in [0.25, 0.3) is 0 Å². The van der Waals surface area contributed by atoms with Crippen molar-refractivity contribution in [1.82, 2.24) is 4.98 Å². The Hall–Kier alpha value is -0.800. The second-order valence-corrected chi connectivity index (χ2v) is 3.45. The molecule has 0 fully saturated rings. The third kappa shape index (κ3) is 3.61. The van der Waals surface area contributed by atoms with Gasteiger partial charge in [-0.1, -0.05) is 23.2 Å². The number of hydrogen-bond donors (Lipinski definition) is 1. The molecule has 3 nitrogen and oxygen atoms in total. The monoisotopic (exact) mass is 217 g/mol. The minimum Gasteiger partial charge on any atom is -0.278 e. The van der Waals surface area contributed by atoms with E-state index in [1.165, 1.54) is 0 Å². The lowest BCUT2D eigenvalue weighted by Gasteiger charge is -2.01. The van der Waals surface area contributed by atoms with Gasteiger partial charge in [-0.25, -0.2) is 4.98 Å². The molecule has 13 heavy (non-hydrogen) atoms. The van der Waals surface area contributed by atoms with Gasteiger partial charge in [-0.15, -0.1) is 0 Å². The second kappa shape index (κ2) is 4.44. The SMILES string of the molecule is CC(C)=NNc1cc(Cl)nc(Cl)c1. The van der Waals surface area contributed by atoms with E-state index in [1.54, 1.807) is 12.1 Å². The highest BCUT2D eigenvalue weighted by molar-refractivity contribution is 6.32. The number of pyridine rings is 1. The van der Waals surface area contributed by atoms with Crippen molar-refractivity contribution in [2.24, 2.45) is 5.10 Å². The summed E-state index contributed by atoms with van der Waals surface area (Å²) >= 11 is 11.4. The molecular formula is C8H9Cl2N3. The molecule has 1 aromatic rings. The predicted octanol–water partition coefficient (Wildman–Crippen LogP) is 3.20. The fraction of sp³-hybridized carbons (Fsp3) is 0.250. The quantitative estimate of drug-likeness (QED) is 0.470. The van der Waals surface area contributed by atoms with Gasteiger partial charge in [-0.2, -0.15) is 5.10 Å². The van der Waals surface area contributed by atoms with E-state index in [0.29, 0.717) is 10.3 Å². The van der Waals surface area contributed by atoms with Crippen LogP contribution >= 0.6 is 23.2 Å². The zero-order valence-electron chi connectivity index (χ0n) is 7.31. The summed E-state index contributed by atoms with van der Waals surface area (Å²) in [6.07, 6.45) is 0. The van der Waals surface area contributed by atoms with Crippen LogP contribution in [-0.2, 0) is 0 Å². The van der Waals surface area contributed by atoms with Crippen LogP contribution in [0, 0.1) is 0 Å². The van der Waals surface area contributed by atoms with Crippen molar-refractivity contribution < 1.29 is 0 Å². The lowest BCUT2D eigenvalue weighted by atomic mass is 10.4. The summed E-state index contributed by atoms with van der Waals surface area (Å²) in [5.74, 6) is 0. The first-order valence-corrected chi connectivity index (χ1v) is 4.43. The topological polar surface area (TPSA) is 37.3 Å². The Balaban J connectivity index is 2.83. The number of nitrogens with one attached hydrogen (secondary N) is 1. The summed E-state index contributed by atoms with van der Waals surface area (Å²) < 4.78 is 0. The van der Waals surface area contributed by atoms with Gasteiger partial charge in [0, 0.05) is 17.8 Å². The van der Waals surface area contributed by atoms with Crippen molar-refractivity contribution in [2.75, 3.05) is 5.43 Å². The maximum absolute atomic E-state index is 5.68. The maximum atomic E-state index is 5.68. The van der Waals surface area contributed by atoms with Crippen molar-refractivity contribution in [3.63, 3.8) is 0 Å². The van der Waals surface area contributed by atoms with E-state index in [-0.39, 0.29) is 0 Å². The number of aromatic nitrogens is 1. The molecule has 0 unspecified atom stereocenters. The van der Waals surface area contributed by atoms with E-state index in [4.69, 9.17) is 23.2 Å². The fourth-order valence-electron chi connectivity index (χ4n) is 0.706. The highest BCUT2D eigenvalue weighted by Crippen LogP contribution is 2.18. The molecule has 0 aliphatic carbocycles. The molecule has 1 heterocycles. The lowest BCUT2D eigenvalue weighted by molar-refractivity contribution is 1.27. The van der Waals surface area contributed by atoms with Crippen LogP contribution in [0.15, 0.2) is 17.2 Å². The van der Waals surface area contributed by atoms with Crippen LogP contribution < -0.4 is 5.43 Å². The first kappa shape index (κ1) is 10.3. The zero-order valence-corrected chi connectivity index (χ0v) is 8.82. The molecule has 5 heteroatoms. The van der Waals surface area contributed by atoms with Gasteiger partial charge in [-0.05, 0) is 13.8 Å². The highest BCUT2D eigenvalue weighted by Gasteiger charge is 1.97. The van der Waals surface area contributed by atoms with E-state index in [1.807, 2.05) is 13.8 Å². The molecule has 1 N–H and O–H groups in total. The number of anilines is 1. The second-order valence-electron chi connectivity index (χ2n) is 2.67. The molecule has 0 aromatic carbocycles. The maximum Gasteiger partial charge on any atom is 0.132 e.